The van der Waals surface area contributed by atoms with Crippen molar-refractivity contribution in [1.29, 1.82) is 5.26 Å². The highest BCUT2D eigenvalue weighted by molar-refractivity contribution is 5.15. The van der Waals surface area contributed by atoms with E-state index in [1.54, 1.807) is 0 Å². The van der Waals surface area contributed by atoms with E-state index in [2.05, 4.69) is 38.1 Å². The standard InChI is InChI=1S/C14H22N2/c1-5-8-16-14(10-15)9-12(4)6-7-13(14)11(2)3/h1,11-13,16H,6-9H2,2-4H3. The average Bonchev–Trinajstić information content (AvgIpc) is 2.25. The zero-order valence-corrected chi connectivity index (χ0v) is 10.6. The molecule has 0 amide bonds. The summed E-state index contributed by atoms with van der Waals surface area (Å²) in [6, 6.07) is 2.51. The molecule has 0 heterocycles. The zero-order chi connectivity index (χ0) is 12.2. The number of nitrogens with zero attached hydrogens (tertiary/aromatic N) is 1. The van der Waals surface area contributed by atoms with Crippen molar-refractivity contribution in [2.45, 2.75) is 45.6 Å². The van der Waals surface area contributed by atoms with E-state index in [1.165, 1.54) is 6.42 Å². The summed E-state index contributed by atoms with van der Waals surface area (Å²) in [5.74, 6) is 4.14. The van der Waals surface area contributed by atoms with Gasteiger partial charge in [0.05, 0.1) is 12.6 Å². The van der Waals surface area contributed by atoms with Gasteiger partial charge >= 0.3 is 0 Å². The lowest BCUT2D eigenvalue weighted by atomic mass is 9.65. The maximum Gasteiger partial charge on any atom is 0.110 e. The molecule has 2 nitrogen and oxygen atoms in total. The topological polar surface area (TPSA) is 35.8 Å². The second kappa shape index (κ2) is 5.37. The first-order chi connectivity index (χ1) is 7.55. The molecule has 3 atom stereocenters. The van der Waals surface area contributed by atoms with Crippen molar-refractivity contribution in [1.82, 2.24) is 5.32 Å². The van der Waals surface area contributed by atoms with Crippen molar-refractivity contribution in [2.75, 3.05) is 6.54 Å². The molecule has 16 heavy (non-hydrogen) atoms. The van der Waals surface area contributed by atoms with Crippen LogP contribution in [0.1, 0.15) is 40.0 Å². The lowest BCUT2D eigenvalue weighted by molar-refractivity contribution is 0.123. The van der Waals surface area contributed by atoms with Crippen molar-refractivity contribution in [2.24, 2.45) is 17.8 Å². The smallest absolute Gasteiger partial charge is 0.110 e. The van der Waals surface area contributed by atoms with Crippen LogP contribution in [0, 0.1) is 41.4 Å². The Kier molecular flexibility index (Phi) is 4.39. The molecule has 0 aromatic rings. The van der Waals surface area contributed by atoms with Gasteiger partial charge in [0.25, 0.3) is 0 Å². The Morgan fingerprint density at radius 3 is 2.69 bits per heavy atom. The molecular weight excluding hydrogens is 196 g/mol. The largest absolute Gasteiger partial charge is 0.288 e. The fourth-order valence-corrected chi connectivity index (χ4v) is 3.00. The van der Waals surface area contributed by atoms with E-state index >= 15 is 0 Å². The van der Waals surface area contributed by atoms with Crippen LogP contribution in [-0.2, 0) is 0 Å². The number of rotatable bonds is 3. The van der Waals surface area contributed by atoms with Crippen LogP contribution in [0.4, 0.5) is 0 Å². The van der Waals surface area contributed by atoms with E-state index in [4.69, 9.17) is 6.42 Å². The summed E-state index contributed by atoms with van der Waals surface area (Å²) in [4.78, 5) is 0. The van der Waals surface area contributed by atoms with Crippen LogP contribution in [0.5, 0.6) is 0 Å². The molecular formula is C14H22N2. The molecule has 0 spiro atoms. The minimum Gasteiger partial charge on any atom is -0.288 e. The third kappa shape index (κ3) is 2.57. The fourth-order valence-electron chi connectivity index (χ4n) is 3.00. The Hall–Kier alpha value is -0.990. The van der Waals surface area contributed by atoms with Crippen LogP contribution in [0.15, 0.2) is 0 Å². The molecule has 2 heteroatoms. The molecule has 1 aliphatic carbocycles. The van der Waals surface area contributed by atoms with Gasteiger partial charge in [-0.15, -0.1) is 6.42 Å². The molecule has 0 saturated heterocycles. The monoisotopic (exact) mass is 218 g/mol. The van der Waals surface area contributed by atoms with Crippen molar-refractivity contribution in [3.05, 3.63) is 0 Å². The first-order valence-corrected chi connectivity index (χ1v) is 6.15. The van der Waals surface area contributed by atoms with Crippen LogP contribution in [0.2, 0.25) is 0 Å². The Labute approximate surface area is 99.4 Å². The van der Waals surface area contributed by atoms with Crippen molar-refractivity contribution >= 4 is 0 Å². The van der Waals surface area contributed by atoms with Gasteiger partial charge < -0.3 is 0 Å². The van der Waals surface area contributed by atoms with Crippen molar-refractivity contribution in [3.8, 4) is 18.4 Å². The molecule has 3 unspecified atom stereocenters. The normalized spacial score (nSPS) is 34.4. The van der Waals surface area contributed by atoms with Gasteiger partial charge in [0.15, 0.2) is 0 Å². The molecule has 1 N–H and O–H groups in total. The molecule has 0 radical (unpaired) electrons. The Morgan fingerprint density at radius 1 is 1.50 bits per heavy atom. The zero-order valence-electron chi connectivity index (χ0n) is 10.6. The highest BCUT2D eigenvalue weighted by Crippen LogP contribution is 2.40. The van der Waals surface area contributed by atoms with E-state index in [9.17, 15) is 5.26 Å². The van der Waals surface area contributed by atoms with Crippen LogP contribution >= 0.6 is 0 Å². The Morgan fingerprint density at radius 2 is 2.19 bits per heavy atom. The second-order valence-corrected chi connectivity index (χ2v) is 5.38. The maximum atomic E-state index is 9.52. The van der Waals surface area contributed by atoms with Crippen LogP contribution < -0.4 is 5.32 Å². The predicted molar refractivity (Wildman–Crippen MR) is 66.5 cm³/mol. The van der Waals surface area contributed by atoms with Crippen LogP contribution in [0.25, 0.3) is 0 Å². The number of hydrogen-bond donors (Lipinski definition) is 1. The SMILES string of the molecule is C#CCNC1(C#N)CC(C)CCC1C(C)C. The van der Waals surface area contributed by atoms with Gasteiger partial charge in [0, 0.05) is 0 Å². The summed E-state index contributed by atoms with van der Waals surface area (Å²) in [6.07, 6.45) is 8.57. The van der Waals surface area contributed by atoms with Crippen molar-refractivity contribution < 1.29 is 0 Å². The van der Waals surface area contributed by atoms with Gasteiger partial charge in [-0.25, -0.2) is 0 Å². The van der Waals surface area contributed by atoms with Gasteiger partial charge in [-0.1, -0.05) is 33.1 Å². The molecule has 0 aromatic heterocycles. The Balaban J connectivity index is 2.90. The summed E-state index contributed by atoms with van der Waals surface area (Å²) >= 11 is 0. The highest BCUT2D eigenvalue weighted by atomic mass is 15.0. The third-order valence-electron chi connectivity index (χ3n) is 3.78. The minimum absolute atomic E-state index is 0.405. The number of terminal acetylenes is 1. The van der Waals surface area contributed by atoms with Crippen LogP contribution in [0.3, 0.4) is 0 Å². The Bertz CT molecular complexity index is 308. The molecule has 1 aliphatic rings. The second-order valence-electron chi connectivity index (χ2n) is 5.38. The summed E-state index contributed by atoms with van der Waals surface area (Å²) in [7, 11) is 0. The maximum absolute atomic E-state index is 9.52. The van der Waals surface area contributed by atoms with Crippen LogP contribution in [-0.4, -0.2) is 12.1 Å². The first kappa shape index (κ1) is 13.1. The summed E-state index contributed by atoms with van der Waals surface area (Å²) < 4.78 is 0. The van der Waals surface area contributed by atoms with E-state index in [0.717, 1.165) is 12.8 Å². The third-order valence-corrected chi connectivity index (χ3v) is 3.78. The molecule has 88 valence electrons. The lowest BCUT2D eigenvalue weighted by Gasteiger charge is -2.44. The molecule has 1 fully saturated rings. The molecule has 0 aromatic carbocycles. The number of nitriles is 1. The molecule has 0 aliphatic heterocycles. The fraction of sp³-hybridized carbons (Fsp3) is 0.786. The highest BCUT2D eigenvalue weighted by Gasteiger charge is 2.44. The quantitative estimate of drug-likeness (QED) is 0.739. The summed E-state index contributed by atoms with van der Waals surface area (Å²) in [6.45, 7) is 7.11. The predicted octanol–water partition coefficient (Wildman–Crippen LogP) is 2.56. The summed E-state index contributed by atoms with van der Waals surface area (Å²) in [5.41, 5.74) is -0.405. The number of nitrogens with one attached hydrogen (secondary N) is 1. The minimum atomic E-state index is -0.405. The average molecular weight is 218 g/mol. The van der Waals surface area contributed by atoms with E-state index < -0.39 is 5.54 Å². The molecule has 1 rings (SSSR count). The van der Waals surface area contributed by atoms with Gasteiger partial charge in [0.1, 0.15) is 5.54 Å². The van der Waals surface area contributed by atoms with E-state index in [1.807, 2.05) is 0 Å². The first-order valence-electron chi connectivity index (χ1n) is 6.15. The lowest BCUT2D eigenvalue weighted by Crippen LogP contribution is -2.55. The van der Waals surface area contributed by atoms with Gasteiger partial charge in [0.2, 0.25) is 0 Å². The molecule has 0 bridgehead atoms. The van der Waals surface area contributed by atoms with Gasteiger partial charge in [-0.3, -0.25) is 5.32 Å². The molecule has 1 saturated carbocycles. The number of hydrogen-bond acceptors (Lipinski definition) is 2. The van der Waals surface area contributed by atoms with E-state index in [-0.39, 0.29) is 0 Å². The summed E-state index contributed by atoms with van der Waals surface area (Å²) in [5, 5.41) is 12.8. The van der Waals surface area contributed by atoms with Gasteiger partial charge in [-0.2, -0.15) is 5.26 Å². The van der Waals surface area contributed by atoms with Gasteiger partial charge in [-0.05, 0) is 30.6 Å². The van der Waals surface area contributed by atoms with E-state index in [0.29, 0.717) is 24.3 Å². The van der Waals surface area contributed by atoms with Crippen molar-refractivity contribution in [3.63, 3.8) is 0 Å².